The van der Waals surface area contributed by atoms with Crippen molar-refractivity contribution in [1.82, 2.24) is 0 Å². The summed E-state index contributed by atoms with van der Waals surface area (Å²) in [6.07, 6.45) is 2.55. The average Bonchev–Trinajstić information content (AvgIpc) is 3.39. The number of rotatable bonds is 17. The number of aldehydes is 1. The summed E-state index contributed by atoms with van der Waals surface area (Å²) < 4.78 is 163. The number of nitriles is 1. The van der Waals surface area contributed by atoms with Gasteiger partial charge >= 0.3 is 29.6 Å². The van der Waals surface area contributed by atoms with Gasteiger partial charge in [0.2, 0.25) is 14.1 Å². The fraction of sp³-hybridized carbons (Fsp3) is 0.347. The number of carbonyl (C=O) groups excluding carboxylic acids is 1. The summed E-state index contributed by atoms with van der Waals surface area (Å²) in [5.74, 6) is 0.567. The van der Waals surface area contributed by atoms with Crippen LogP contribution in [0.2, 0.25) is 0 Å². The topological polar surface area (TPSA) is 240 Å². The van der Waals surface area contributed by atoms with Gasteiger partial charge in [0.25, 0.3) is 10.1 Å². The van der Waals surface area contributed by atoms with Gasteiger partial charge in [0.15, 0.2) is 6.29 Å². The number of hydrogen-bond donors (Lipinski definition) is 1. The molecule has 5 aromatic rings. The fourth-order valence-corrected chi connectivity index (χ4v) is 5.70. The minimum Gasteiger partial charge on any atom is -1.00 e. The molecule has 5 aromatic carbocycles. The summed E-state index contributed by atoms with van der Waals surface area (Å²) >= 11 is 10.0. The van der Waals surface area contributed by atoms with Crippen molar-refractivity contribution >= 4 is 67.8 Å². The molecule has 0 atom stereocenters. The Hall–Kier alpha value is -5.38. The van der Waals surface area contributed by atoms with Crippen LogP contribution in [0.15, 0.2) is 66.7 Å². The summed E-state index contributed by atoms with van der Waals surface area (Å²) in [7, 11) is 13.2. The third-order valence-electron chi connectivity index (χ3n) is 8.67. The molecule has 80 heavy (non-hydrogen) atoms. The Morgan fingerprint density at radius 2 is 0.800 bits per heavy atom. The minimum atomic E-state index is -3.59. The number of aliphatic hydroxyl groups excluding tert-OH is 1. The largest absolute Gasteiger partial charge is 1.00 e. The van der Waals surface area contributed by atoms with Gasteiger partial charge in [-0.3, -0.25) is 8.98 Å². The van der Waals surface area contributed by atoms with E-state index >= 15 is 0 Å². The van der Waals surface area contributed by atoms with Crippen LogP contribution in [-0.2, 0) is 47.7 Å². The number of carbonyl (C=O) groups is 1. The van der Waals surface area contributed by atoms with E-state index in [2.05, 4.69) is 19.6 Å². The third-order valence-corrected chi connectivity index (χ3v) is 9.57. The molecular formula is C49H60BCl3F5NNaO18S2. The second-order valence-electron chi connectivity index (χ2n) is 13.9. The summed E-state index contributed by atoms with van der Waals surface area (Å²) in [5, 5.41) is 16.9. The monoisotopic (exact) mass is 1250 g/mol. The molecule has 0 aromatic heterocycles. The van der Waals surface area contributed by atoms with Gasteiger partial charge in [-0.1, -0.05) is 23.2 Å². The van der Waals surface area contributed by atoms with E-state index in [9.17, 15) is 43.6 Å². The van der Waals surface area contributed by atoms with Gasteiger partial charge < -0.3 is 58.6 Å². The summed E-state index contributed by atoms with van der Waals surface area (Å²) in [5.41, 5.74) is 1.57. The van der Waals surface area contributed by atoms with E-state index in [1.54, 1.807) is 6.07 Å². The minimum absolute atomic E-state index is 0. The first kappa shape index (κ1) is 81.1. The molecule has 0 aliphatic heterocycles. The second-order valence-corrected chi connectivity index (χ2v) is 19.6. The number of nitrogens with zero attached hydrogens (tertiary/aromatic N) is 1. The second kappa shape index (κ2) is 43.4. The van der Waals surface area contributed by atoms with Crippen LogP contribution in [-0.4, -0.2) is 132 Å². The first-order valence-corrected chi connectivity index (χ1v) is 26.5. The zero-order valence-corrected chi connectivity index (χ0v) is 51.8. The van der Waals surface area contributed by atoms with Gasteiger partial charge in [0, 0.05) is 92.9 Å². The molecule has 0 heterocycles. The molecule has 0 unspecified atom stereocenters. The van der Waals surface area contributed by atoms with E-state index < -0.39 is 47.5 Å². The molecule has 0 spiro atoms. The first-order chi connectivity index (χ1) is 36.6. The van der Waals surface area contributed by atoms with E-state index in [1.165, 1.54) is 115 Å². The van der Waals surface area contributed by atoms with Gasteiger partial charge in [0.1, 0.15) is 86.6 Å². The number of hydrogen-bond acceptors (Lipinski definition) is 19. The van der Waals surface area contributed by atoms with Gasteiger partial charge in [0.05, 0.1) is 132 Å². The molecule has 0 fully saturated rings. The van der Waals surface area contributed by atoms with Crippen LogP contribution in [0.3, 0.4) is 0 Å². The van der Waals surface area contributed by atoms with Crippen LogP contribution in [0, 0.1) is 40.4 Å². The Balaban J connectivity index is -0.000000284. The maximum Gasteiger partial charge on any atom is 1.00 e. The van der Waals surface area contributed by atoms with Crippen molar-refractivity contribution in [2.45, 2.75) is 24.7 Å². The smallest absolute Gasteiger partial charge is 1.00 e. The van der Waals surface area contributed by atoms with Crippen molar-refractivity contribution in [2.75, 3.05) is 90.7 Å². The number of halogens is 8. The Bertz CT molecular complexity index is 2780. The van der Waals surface area contributed by atoms with Gasteiger partial charge in [-0.2, -0.15) is 13.7 Å². The molecular weight excluding hydrogens is 1190 g/mol. The zero-order valence-electron chi connectivity index (χ0n) is 46.9. The van der Waals surface area contributed by atoms with Crippen LogP contribution in [0.25, 0.3) is 0 Å². The van der Waals surface area contributed by atoms with E-state index in [1.807, 2.05) is 6.07 Å². The number of aliphatic hydroxyl groups is 1. The van der Waals surface area contributed by atoms with Crippen LogP contribution in [0.5, 0.6) is 57.5 Å². The van der Waals surface area contributed by atoms with Gasteiger partial charge in [-0.25, -0.2) is 30.4 Å². The maximum atomic E-state index is 13.1. The van der Waals surface area contributed by atoms with Crippen molar-refractivity contribution in [2.24, 2.45) is 0 Å². The Kier molecular flexibility index (Phi) is 44.0. The van der Waals surface area contributed by atoms with Crippen molar-refractivity contribution in [3.8, 4) is 63.6 Å². The van der Waals surface area contributed by atoms with E-state index in [0.29, 0.717) is 57.5 Å². The van der Waals surface area contributed by atoms with Gasteiger partial charge in [-0.05, 0) is 0 Å². The normalized spacial score (nSPS) is 9.78. The molecule has 0 saturated carbocycles. The quantitative estimate of drug-likeness (QED) is 0.0265. The zero-order chi connectivity index (χ0) is 60.3. The van der Waals surface area contributed by atoms with Crippen molar-refractivity contribution in [1.29, 1.82) is 5.26 Å². The number of alkyl halides is 2. The van der Waals surface area contributed by atoms with Crippen LogP contribution in [0.1, 0.15) is 28.5 Å². The number of methoxy groups -OCH3 is 11. The standard InChI is InChI=1S/C10H10FNO2.C10H13FO5S.C9H11FO3.C9H9FO3.C8H9FO2.C2H4Cl2O.CH3ClO2S.B.Na.H/c1-13-9-5-7(11)6-10(14-2)8(9)3-4-12;1-14-9-4-7(11)5-10(15-2)8(9)6-16-17(3,12)13;2*1-12-8-3-6(10)4-9(13-2)7(8)5-11;1-10-7-3-6(9)4-8(5-7)11-2;1-5-2(3)4;1-5(2,3)4;;;/h5-6H,3H2,1-2H3;4-5H,6H2,1-3H3;3-4,11H,5H2,1-2H3;3-5H,1-2H3;3-5H,1-2H3;2H,1H3;1H3;;;/q;;;;;;;;+1;-1. The SMILES string of the molecule is COC(Cl)Cl.COc1cc(F)cc(OC)c1.COc1cc(F)cc(OC)c1C=O.COc1cc(F)cc(OC)c1CC#N.COc1cc(F)cc(OC)c1CO.COc1cc(F)cc(OC)c1COS(C)(=O)=O.CS(=O)(=O)Cl.[B].[H-].[Na+]. The molecule has 441 valence electrons. The van der Waals surface area contributed by atoms with Crippen molar-refractivity contribution in [3.63, 3.8) is 0 Å². The fourth-order valence-electron chi connectivity index (χ4n) is 5.37. The predicted octanol–water partition coefficient (Wildman–Crippen LogP) is 6.38. The molecule has 0 bridgehead atoms. The number of ether oxygens (including phenoxy) is 11. The Morgan fingerprint density at radius 1 is 0.537 bits per heavy atom. The summed E-state index contributed by atoms with van der Waals surface area (Å²) in [6.45, 7) is -0.516. The molecule has 0 aliphatic carbocycles. The third kappa shape index (κ3) is 33.4. The molecule has 0 amide bonds. The van der Waals surface area contributed by atoms with Crippen LogP contribution >= 0.6 is 33.9 Å². The summed E-state index contributed by atoms with van der Waals surface area (Å²) in [4.78, 5) is 10.6. The van der Waals surface area contributed by atoms with E-state index in [0.717, 1.165) is 36.8 Å². The molecule has 0 saturated heterocycles. The molecule has 5 rings (SSSR count). The van der Waals surface area contributed by atoms with Gasteiger partial charge in [-0.15, -0.1) is 0 Å². The summed E-state index contributed by atoms with van der Waals surface area (Å²) in [6, 6.07) is 15.6. The average molecular weight is 1250 g/mol. The molecule has 19 nitrogen and oxygen atoms in total. The maximum absolute atomic E-state index is 13.1. The predicted molar refractivity (Wildman–Crippen MR) is 288 cm³/mol. The molecule has 31 heteroatoms. The molecule has 0 aliphatic rings. The van der Waals surface area contributed by atoms with Crippen molar-refractivity contribution < 1.29 is 136 Å². The number of benzene rings is 5. The van der Waals surface area contributed by atoms with E-state index in [4.69, 9.17) is 80.9 Å². The Morgan fingerprint density at radius 3 is 1.02 bits per heavy atom. The molecule has 3 radical (unpaired) electrons. The van der Waals surface area contributed by atoms with Crippen LogP contribution < -0.4 is 76.9 Å². The van der Waals surface area contributed by atoms with E-state index in [-0.39, 0.29) is 93.4 Å². The first-order valence-electron chi connectivity index (χ1n) is 21.1. The Labute approximate surface area is 502 Å². The van der Waals surface area contributed by atoms with Crippen LogP contribution in [0.4, 0.5) is 22.0 Å². The molecule has 1 N–H and O–H groups in total. The van der Waals surface area contributed by atoms with Crippen molar-refractivity contribution in [3.05, 3.63) is 118 Å².